The number of thiophene rings is 1. The van der Waals surface area contributed by atoms with Crippen LogP contribution in [-0.2, 0) is 35.5 Å². The van der Waals surface area contributed by atoms with Crippen molar-refractivity contribution in [2.24, 2.45) is 0 Å². The highest BCUT2D eigenvalue weighted by Gasteiger charge is 2.27. The largest absolute Gasteiger partial charge is 0.496 e. The minimum Gasteiger partial charge on any atom is -0.496 e. The van der Waals surface area contributed by atoms with Crippen molar-refractivity contribution in [3.63, 3.8) is 0 Å². The van der Waals surface area contributed by atoms with E-state index in [0.29, 0.717) is 49.5 Å². The second-order valence-electron chi connectivity index (χ2n) is 9.12. The number of nitrogens with zero attached hydrogens (tertiary/aromatic N) is 4. The first-order valence-electron chi connectivity index (χ1n) is 12.0. The van der Waals surface area contributed by atoms with E-state index in [9.17, 15) is 14.9 Å². The Hall–Kier alpha value is -3.64. The molecule has 0 saturated heterocycles. The van der Waals surface area contributed by atoms with E-state index in [2.05, 4.69) is 16.4 Å². The van der Waals surface area contributed by atoms with E-state index in [1.54, 1.807) is 7.11 Å². The van der Waals surface area contributed by atoms with Gasteiger partial charge in [-0.2, -0.15) is 5.26 Å². The number of hydrogen-bond donors (Lipinski definition) is 1. The molecule has 0 spiro atoms. The molecule has 0 saturated carbocycles. The predicted molar refractivity (Wildman–Crippen MR) is 139 cm³/mol. The summed E-state index contributed by atoms with van der Waals surface area (Å²) in [6, 6.07) is 8.18. The van der Waals surface area contributed by atoms with Crippen LogP contribution < -0.4 is 10.1 Å². The Morgan fingerprint density at radius 3 is 2.75 bits per heavy atom. The number of nitrogens with one attached hydrogen (secondary N) is 1. The number of anilines is 1. The van der Waals surface area contributed by atoms with Gasteiger partial charge in [-0.1, -0.05) is 17.7 Å². The van der Waals surface area contributed by atoms with Gasteiger partial charge in [0.25, 0.3) is 0 Å². The maximum atomic E-state index is 12.9. The summed E-state index contributed by atoms with van der Waals surface area (Å²) in [6.45, 7) is 7.51. The summed E-state index contributed by atoms with van der Waals surface area (Å²) in [7, 11) is 1.62. The summed E-state index contributed by atoms with van der Waals surface area (Å²) in [5.74, 6) is 1.60. The second-order valence-corrected chi connectivity index (χ2v) is 10.2. The zero-order valence-corrected chi connectivity index (χ0v) is 22.0. The van der Waals surface area contributed by atoms with Crippen LogP contribution in [0.2, 0.25) is 0 Å². The molecule has 36 heavy (non-hydrogen) atoms. The molecule has 3 aromatic rings. The van der Waals surface area contributed by atoms with Crippen molar-refractivity contribution >= 4 is 28.2 Å². The van der Waals surface area contributed by atoms with Gasteiger partial charge in [-0.05, 0) is 50.8 Å². The van der Waals surface area contributed by atoms with E-state index in [0.717, 1.165) is 38.8 Å². The van der Waals surface area contributed by atoms with Gasteiger partial charge >= 0.3 is 0 Å². The standard InChI is InChI=1S/C27H31N5O3S/c1-17-5-7-23(35-4)20(13-17)6-8-25(33)30-27-22(14-28)21-9-11-32(16-24(21)36-27)26(34)10-12-31-15-18(2)29-19(31)3/h5,7,13,15H,6,8-12,16H2,1-4H3,(H,30,33). The maximum absolute atomic E-state index is 12.9. The van der Waals surface area contributed by atoms with Gasteiger partial charge in [-0.3, -0.25) is 9.59 Å². The van der Waals surface area contributed by atoms with E-state index in [-0.39, 0.29) is 18.2 Å². The number of benzene rings is 1. The summed E-state index contributed by atoms with van der Waals surface area (Å²) in [5.41, 5.74) is 4.50. The van der Waals surface area contributed by atoms with Crippen LogP contribution in [0.3, 0.4) is 0 Å². The number of aryl methyl sites for hydroxylation is 5. The average Bonchev–Trinajstić information content (AvgIpc) is 3.37. The average molecular weight is 506 g/mol. The lowest BCUT2D eigenvalue weighted by atomic mass is 10.0. The van der Waals surface area contributed by atoms with Crippen molar-refractivity contribution in [1.29, 1.82) is 5.26 Å². The third kappa shape index (κ3) is 5.60. The number of aromatic nitrogens is 2. The van der Waals surface area contributed by atoms with Crippen LogP contribution in [-0.4, -0.2) is 39.9 Å². The molecule has 0 radical (unpaired) electrons. The summed E-state index contributed by atoms with van der Waals surface area (Å²) < 4.78 is 7.41. The molecule has 0 bridgehead atoms. The first-order valence-corrected chi connectivity index (χ1v) is 12.9. The fourth-order valence-electron chi connectivity index (χ4n) is 4.63. The van der Waals surface area contributed by atoms with Gasteiger partial charge in [0.1, 0.15) is 22.6 Å². The predicted octanol–water partition coefficient (Wildman–Crippen LogP) is 4.30. The third-order valence-corrected chi connectivity index (χ3v) is 7.63. The minimum absolute atomic E-state index is 0.0796. The molecule has 8 nitrogen and oxygen atoms in total. The van der Waals surface area contributed by atoms with Crippen LogP contribution in [0.25, 0.3) is 0 Å². The summed E-state index contributed by atoms with van der Waals surface area (Å²) >= 11 is 1.40. The van der Waals surface area contributed by atoms with Crippen LogP contribution in [0.4, 0.5) is 5.00 Å². The van der Waals surface area contributed by atoms with Crippen molar-refractivity contribution in [2.75, 3.05) is 19.0 Å². The fourth-order valence-corrected chi connectivity index (χ4v) is 5.86. The molecule has 9 heteroatoms. The highest BCUT2D eigenvalue weighted by Crippen LogP contribution is 2.37. The highest BCUT2D eigenvalue weighted by atomic mass is 32.1. The molecule has 3 heterocycles. The topological polar surface area (TPSA) is 100 Å². The Balaban J connectivity index is 1.38. The first-order chi connectivity index (χ1) is 17.3. The summed E-state index contributed by atoms with van der Waals surface area (Å²) in [5, 5.41) is 13.3. The van der Waals surface area contributed by atoms with Crippen LogP contribution in [0.5, 0.6) is 5.75 Å². The molecular formula is C27H31N5O3S. The SMILES string of the molecule is COc1ccc(C)cc1CCC(=O)Nc1sc2c(c1C#N)CCN(C(=O)CCn1cc(C)nc1C)C2. The van der Waals surface area contributed by atoms with Gasteiger partial charge in [-0.15, -0.1) is 11.3 Å². The zero-order chi connectivity index (χ0) is 25.8. The lowest BCUT2D eigenvalue weighted by Crippen LogP contribution is -2.35. The molecule has 1 aromatic carbocycles. The Bertz CT molecular complexity index is 1330. The smallest absolute Gasteiger partial charge is 0.225 e. The van der Waals surface area contributed by atoms with Crippen molar-refractivity contribution in [3.05, 3.63) is 63.0 Å². The zero-order valence-electron chi connectivity index (χ0n) is 21.2. The molecule has 2 aromatic heterocycles. The third-order valence-electron chi connectivity index (χ3n) is 6.49. The molecule has 1 aliphatic rings. The number of imidazole rings is 1. The molecule has 188 valence electrons. The lowest BCUT2D eigenvalue weighted by molar-refractivity contribution is -0.132. The highest BCUT2D eigenvalue weighted by molar-refractivity contribution is 7.16. The Morgan fingerprint density at radius 2 is 2.06 bits per heavy atom. The van der Waals surface area contributed by atoms with Gasteiger partial charge in [0.05, 0.1) is 24.9 Å². The van der Waals surface area contributed by atoms with Crippen LogP contribution >= 0.6 is 11.3 Å². The minimum atomic E-state index is -0.146. The van der Waals surface area contributed by atoms with Crippen LogP contribution in [0.1, 0.15) is 51.5 Å². The number of carbonyl (C=O) groups is 2. The number of methoxy groups -OCH3 is 1. The Kier molecular flexibility index (Phi) is 7.75. The van der Waals surface area contributed by atoms with E-state index >= 15 is 0 Å². The molecule has 1 aliphatic heterocycles. The first kappa shape index (κ1) is 25.5. The van der Waals surface area contributed by atoms with Gasteiger partial charge in [0.2, 0.25) is 11.8 Å². The molecule has 0 atom stereocenters. The fraction of sp³-hybridized carbons (Fsp3) is 0.407. The van der Waals surface area contributed by atoms with E-state index < -0.39 is 0 Å². The number of carbonyl (C=O) groups excluding carboxylic acids is 2. The molecule has 1 N–H and O–H groups in total. The lowest BCUT2D eigenvalue weighted by Gasteiger charge is -2.27. The van der Waals surface area contributed by atoms with Crippen molar-refractivity contribution in [1.82, 2.24) is 14.5 Å². The van der Waals surface area contributed by atoms with Gasteiger partial charge in [0.15, 0.2) is 0 Å². The normalized spacial score (nSPS) is 12.7. The van der Waals surface area contributed by atoms with Crippen molar-refractivity contribution in [3.8, 4) is 11.8 Å². The Labute approximate surface area is 215 Å². The molecule has 0 aliphatic carbocycles. The monoisotopic (exact) mass is 505 g/mol. The van der Waals surface area contributed by atoms with Crippen LogP contribution in [0, 0.1) is 32.1 Å². The Morgan fingerprint density at radius 1 is 1.25 bits per heavy atom. The quantitative estimate of drug-likeness (QED) is 0.492. The van der Waals surface area contributed by atoms with E-state index in [4.69, 9.17) is 4.74 Å². The molecule has 2 amide bonds. The number of fused-ring (bicyclic) bond motifs is 1. The van der Waals surface area contributed by atoms with Gasteiger partial charge in [-0.25, -0.2) is 4.98 Å². The maximum Gasteiger partial charge on any atom is 0.225 e. The van der Waals surface area contributed by atoms with E-state index in [1.165, 1.54) is 11.3 Å². The molecule has 0 unspecified atom stereocenters. The van der Waals surface area contributed by atoms with E-state index in [1.807, 2.05) is 54.6 Å². The van der Waals surface area contributed by atoms with Crippen molar-refractivity contribution in [2.45, 2.75) is 59.5 Å². The summed E-state index contributed by atoms with van der Waals surface area (Å²) in [4.78, 5) is 32.8. The number of nitriles is 1. The van der Waals surface area contributed by atoms with Crippen molar-refractivity contribution < 1.29 is 14.3 Å². The molecular weight excluding hydrogens is 474 g/mol. The van der Waals surface area contributed by atoms with Gasteiger partial charge in [0, 0.05) is 37.0 Å². The molecule has 0 fully saturated rings. The van der Waals surface area contributed by atoms with Gasteiger partial charge < -0.3 is 19.5 Å². The van der Waals surface area contributed by atoms with Crippen LogP contribution in [0.15, 0.2) is 24.4 Å². The summed E-state index contributed by atoms with van der Waals surface area (Å²) in [6.07, 6.45) is 3.79. The number of ether oxygens (including phenoxy) is 1. The second kappa shape index (κ2) is 11.0. The molecule has 4 rings (SSSR count). The number of amides is 2. The number of rotatable bonds is 8. The number of hydrogen-bond acceptors (Lipinski definition) is 6.